The molecule has 0 aromatic carbocycles. The van der Waals surface area contributed by atoms with E-state index >= 15 is 0 Å². The van der Waals surface area contributed by atoms with E-state index < -0.39 is 11.5 Å². The van der Waals surface area contributed by atoms with Gasteiger partial charge >= 0.3 is 0 Å². The lowest BCUT2D eigenvalue weighted by molar-refractivity contribution is -0.468. The minimum Gasteiger partial charge on any atom is -0.337 e. The molecular weight excluding hydrogens is 196 g/mol. The van der Waals surface area contributed by atoms with Gasteiger partial charge in [0, 0.05) is 18.0 Å². The Kier molecular flexibility index (Phi) is 5.89. The molecule has 0 spiro atoms. The topological polar surface area (TPSA) is 63.5 Å². The molecular formula is C10H20N2O3. The molecule has 5 nitrogen and oxygen atoms in total. The number of amides is 1. The molecule has 88 valence electrons. The van der Waals surface area contributed by atoms with E-state index in [1.807, 2.05) is 27.7 Å². The summed E-state index contributed by atoms with van der Waals surface area (Å²) in [6, 6.07) is 0. The second-order valence-corrected chi connectivity index (χ2v) is 4.58. The summed E-state index contributed by atoms with van der Waals surface area (Å²) < 4.78 is 0. The fourth-order valence-corrected chi connectivity index (χ4v) is 1.37. The first-order valence-corrected chi connectivity index (χ1v) is 5.22. The highest BCUT2D eigenvalue weighted by atomic mass is 16.6. The van der Waals surface area contributed by atoms with Gasteiger partial charge in [-0.15, -0.1) is 0 Å². The van der Waals surface area contributed by atoms with Crippen LogP contribution in [-0.4, -0.2) is 35.4 Å². The van der Waals surface area contributed by atoms with Crippen LogP contribution in [0.3, 0.4) is 0 Å². The van der Waals surface area contributed by atoms with Crippen LogP contribution in [0.1, 0.15) is 27.7 Å². The Hall–Kier alpha value is -1.13. The van der Waals surface area contributed by atoms with Crippen LogP contribution in [0.15, 0.2) is 0 Å². The second-order valence-electron chi connectivity index (χ2n) is 4.58. The molecule has 0 aliphatic heterocycles. The maximum absolute atomic E-state index is 11.5. The third kappa shape index (κ3) is 6.88. The van der Waals surface area contributed by atoms with Gasteiger partial charge in [-0.3, -0.25) is 14.9 Å². The zero-order chi connectivity index (χ0) is 12.0. The zero-order valence-electron chi connectivity index (χ0n) is 9.90. The average Bonchev–Trinajstić information content (AvgIpc) is 1.99. The predicted molar refractivity (Wildman–Crippen MR) is 58.1 cm³/mol. The highest BCUT2D eigenvalue weighted by molar-refractivity contribution is 5.77. The van der Waals surface area contributed by atoms with Crippen LogP contribution >= 0.6 is 0 Å². The van der Waals surface area contributed by atoms with Gasteiger partial charge in [-0.05, 0) is 11.8 Å². The lowest BCUT2D eigenvalue weighted by Crippen LogP contribution is -2.40. The highest BCUT2D eigenvalue weighted by Crippen LogP contribution is 2.04. The van der Waals surface area contributed by atoms with E-state index in [-0.39, 0.29) is 5.91 Å². The summed E-state index contributed by atoms with van der Waals surface area (Å²) in [5.74, 6) is 0.279. The second kappa shape index (κ2) is 6.37. The van der Waals surface area contributed by atoms with Gasteiger partial charge in [-0.2, -0.15) is 0 Å². The summed E-state index contributed by atoms with van der Waals surface area (Å²) in [5.41, 5.74) is 0. The van der Waals surface area contributed by atoms with Gasteiger partial charge in [0.25, 0.3) is 12.5 Å². The number of rotatable bonds is 6. The molecule has 0 unspecified atom stereocenters. The van der Waals surface area contributed by atoms with Crippen molar-refractivity contribution in [1.82, 2.24) is 4.90 Å². The molecule has 0 aromatic rings. The lowest BCUT2D eigenvalue weighted by atomic mass is 10.1. The van der Waals surface area contributed by atoms with Crippen LogP contribution in [-0.2, 0) is 4.79 Å². The van der Waals surface area contributed by atoms with E-state index in [1.165, 1.54) is 0 Å². The van der Waals surface area contributed by atoms with E-state index in [1.54, 1.807) is 4.90 Å². The molecule has 0 fully saturated rings. The predicted octanol–water partition coefficient (Wildman–Crippen LogP) is 1.40. The van der Waals surface area contributed by atoms with Crippen molar-refractivity contribution >= 4 is 5.91 Å². The third-order valence-electron chi connectivity index (χ3n) is 1.79. The molecule has 0 saturated heterocycles. The lowest BCUT2D eigenvalue weighted by Gasteiger charge is -2.24. The summed E-state index contributed by atoms with van der Waals surface area (Å²) in [6.07, 6.45) is 0. The standard InChI is InChI=1S/C10H20N2O3/c1-8(2)5-11(6-9(3)4)10(13)7-12(14)15/h8-9H,5-7H2,1-4H3. The zero-order valence-corrected chi connectivity index (χ0v) is 9.90. The number of nitro groups is 1. The minimum atomic E-state index is -0.598. The number of nitrogens with zero attached hydrogens (tertiary/aromatic N) is 2. The van der Waals surface area contributed by atoms with Crippen molar-refractivity contribution in [2.45, 2.75) is 27.7 Å². The van der Waals surface area contributed by atoms with Crippen LogP contribution in [0.25, 0.3) is 0 Å². The van der Waals surface area contributed by atoms with Crippen molar-refractivity contribution in [1.29, 1.82) is 0 Å². The fourth-order valence-electron chi connectivity index (χ4n) is 1.37. The summed E-state index contributed by atoms with van der Waals surface area (Å²) in [7, 11) is 0. The maximum Gasteiger partial charge on any atom is 0.294 e. The Morgan fingerprint density at radius 1 is 1.20 bits per heavy atom. The van der Waals surface area contributed by atoms with Crippen molar-refractivity contribution in [3.8, 4) is 0 Å². The normalized spacial score (nSPS) is 10.8. The number of carbonyl (C=O) groups excluding carboxylic acids is 1. The van der Waals surface area contributed by atoms with Crippen molar-refractivity contribution < 1.29 is 9.72 Å². The van der Waals surface area contributed by atoms with Crippen molar-refractivity contribution in [3.05, 3.63) is 10.1 Å². The summed E-state index contributed by atoms with van der Waals surface area (Å²) >= 11 is 0. The first-order valence-electron chi connectivity index (χ1n) is 5.22. The molecule has 0 bridgehead atoms. The molecule has 0 N–H and O–H groups in total. The van der Waals surface area contributed by atoms with E-state index in [2.05, 4.69) is 0 Å². The molecule has 1 amide bonds. The SMILES string of the molecule is CC(C)CN(CC(C)C)C(=O)C[N+](=O)[O-]. The summed E-state index contributed by atoms with van der Waals surface area (Å²) in [4.78, 5) is 22.8. The van der Waals surface area contributed by atoms with Crippen LogP contribution in [0.5, 0.6) is 0 Å². The molecule has 0 radical (unpaired) electrons. The quantitative estimate of drug-likeness (QED) is 0.498. The molecule has 0 heterocycles. The highest BCUT2D eigenvalue weighted by Gasteiger charge is 2.20. The van der Waals surface area contributed by atoms with Crippen LogP contribution in [0.4, 0.5) is 0 Å². The van der Waals surface area contributed by atoms with Crippen LogP contribution < -0.4 is 0 Å². The van der Waals surface area contributed by atoms with Gasteiger partial charge in [0.2, 0.25) is 0 Å². The van der Waals surface area contributed by atoms with Gasteiger partial charge in [-0.1, -0.05) is 27.7 Å². The molecule has 0 aliphatic carbocycles. The Balaban J connectivity index is 4.33. The first kappa shape index (κ1) is 13.9. The van der Waals surface area contributed by atoms with Gasteiger partial charge in [-0.25, -0.2) is 0 Å². The van der Waals surface area contributed by atoms with Gasteiger partial charge < -0.3 is 4.90 Å². The summed E-state index contributed by atoms with van der Waals surface area (Å²) in [5, 5.41) is 10.2. The number of hydrogen-bond acceptors (Lipinski definition) is 3. The van der Waals surface area contributed by atoms with E-state index in [0.29, 0.717) is 24.9 Å². The van der Waals surface area contributed by atoms with Crippen LogP contribution in [0.2, 0.25) is 0 Å². The Morgan fingerprint density at radius 3 is 1.87 bits per heavy atom. The Morgan fingerprint density at radius 2 is 1.60 bits per heavy atom. The molecule has 0 aromatic heterocycles. The van der Waals surface area contributed by atoms with Gasteiger partial charge in [0.15, 0.2) is 0 Å². The summed E-state index contributed by atoms with van der Waals surface area (Å²) in [6.45, 7) is 8.55. The van der Waals surface area contributed by atoms with E-state index in [0.717, 1.165) is 0 Å². The maximum atomic E-state index is 11.5. The van der Waals surface area contributed by atoms with Gasteiger partial charge in [0.1, 0.15) is 0 Å². The Labute approximate surface area is 90.6 Å². The fraction of sp³-hybridized carbons (Fsp3) is 0.900. The monoisotopic (exact) mass is 216 g/mol. The minimum absolute atomic E-state index is 0.333. The molecule has 15 heavy (non-hydrogen) atoms. The molecule has 0 saturated carbocycles. The van der Waals surface area contributed by atoms with Crippen LogP contribution in [0, 0.1) is 22.0 Å². The largest absolute Gasteiger partial charge is 0.337 e. The molecule has 5 heteroatoms. The first-order chi connectivity index (χ1) is 6.82. The van der Waals surface area contributed by atoms with Crippen molar-refractivity contribution in [2.75, 3.05) is 19.6 Å². The number of carbonyl (C=O) groups is 1. The van der Waals surface area contributed by atoms with E-state index in [4.69, 9.17) is 0 Å². The van der Waals surface area contributed by atoms with Crippen molar-refractivity contribution in [3.63, 3.8) is 0 Å². The van der Waals surface area contributed by atoms with E-state index in [9.17, 15) is 14.9 Å². The third-order valence-corrected chi connectivity index (χ3v) is 1.79. The number of hydrogen-bond donors (Lipinski definition) is 0. The Bertz CT molecular complexity index is 217. The smallest absolute Gasteiger partial charge is 0.294 e. The van der Waals surface area contributed by atoms with Crippen molar-refractivity contribution in [2.24, 2.45) is 11.8 Å². The molecule has 0 atom stereocenters. The van der Waals surface area contributed by atoms with Gasteiger partial charge in [0.05, 0.1) is 0 Å². The molecule has 0 aliphatic rings. The average molecular weight is 216 g/mol. The molecule has 0 rings (SSSR count).